The van der Waals surface area contributed by atoms with Crippen LogP contribution in [0.25, 0.3) is 0 Å². The van der Waals surface area contributed by atoms with Crippen LogP contribution in [0.15, 0.2) is 0 Å². The fourth-order valence-electron chi connectivity index (χ4n) is 3.48. The third kappa shape index (κ3) is 1.50. The quantitative estimate of drug-likeness (QED) is 0.848. The molecule has 2 aliphatic rings. The van der Waals surface area contributed by atoms with E-state index in [-0.39, 0.29) is 0 Å². The molecule has 0 aliphatic heterocycles. The molecule has 0 bridgehead atoms. The molecule has 2 N–H and O–H groups in total. The van der Waals surface area contributed by atoms with Gasteiger partial charge in [0.15, 0.2) is 0 Å². The van der Waals surface area contributed by atoms with Gasteiger partial charge in [-0.1, -0.05) is 20.8 Å². The summed E-state index contributed by atoms with van der Waals surface area (Å²) in [5, 5.41) is 0. The number of anilines is 1. The van der Waals surface area contributed by atoms with Crippen LogP contribution in [0.2, 0.25) is 0 Å². The van der Waals surface area contributed by atoms with Gasteiger partial charge in [0.1, 0.15) is 0 Å². The van der Waals surface area contributed by atoms with Crippen LogP contribution in [0.1, 0.15) is 55.6 Å². The van der Waals surface area contributed by atoms with E-state index in [0.717, 1.165) is 36.8 Å². The van der Waals surface area contributed by atoms with Gasteiger partial charge < -0.3 is 5.73 Å². The van der Waals surface area contributed by atoms with Gasteiger partial charge in [-0.3, -0.25) is 4.98 Å². The maximum Gasteiger partial charge on any atom is 0.0495 e. The van der Waals surface area contributed by atoms with Crippen LogP contribution in [0.3, 0.4) is 0 Å². The van der Waals surface area contributed by atoms with Gasteiger partial charge in [-0.15, -0.1) is 0 Å². The van der Waals surface area contributed by atoms with Crippen LogP contribution in [0.5, 0.6) is 0 Å². The lowest BCUT2D eigenvalue weighted by atomic mass is 9.99. The average Bonchev–Trinajstić information content (AvgIpc) is 2.76. The van der Waals surface area contributed by atoms with Gasteiger partial charge in [-0.2, -0.15) is 0 Å². The Labute approximate surface area is 104 Å². The summed E-state index contributed by atoms with van der Waals surface area (Å²) in [5.41, 5.74) is 12.7. The Kier molecular flexibility index (Phi) is 2.42. The highest BCUT2D eigenvalue weighted by Crippen LogP contribution is 2.54. The Balaban J connectivity index is 2.12. The molecule has 3 rings (SSSR count). The van der Waals surface area contributed by atoms with E-state index in [1.165, 1.54) is 28.9 Å². The Hall–Kier alpha value is -1.05. The number of nitrogens with zero attached hydrogens (tertiary/aromatic N) is 1. The van der Waals surface area contributed by atoms with Gasteiger partial charge in [0.25, 0.3) is 0 Å². The minimum atomic E-state index is 0.665. The highest BCUT2D eigenvalue weighted by Gasteiger charge is 2.46. The molecule has 0 aromatic carbocycles. The topological polar surface area (TPSA) is 38.9 Å². The molecule has 1 fully saturated rings. The third-order valence-electron chi connectivity index (χ3n) is 4.89. The van der Waals surface area contributed by atoms with E-state index in [1.807, 2.05) is 0 Å². The minimum absolute atomic E-state index is 0.665. The number of hydrogen-bond donors (Lipinski definition) is 1. The highest BCUT2D eigenvalue weighted by atomic mass is 14.8. The molecule has 2 heteroatoms. The molecule has 1 saturated carbocycles. The van der Waals surface area contributed by atoms with Crippen molar-refractivity contribution < 1.29 is 0 Å². The lowest BCUT2D eigenvalue weighted by Gasteiger charge is -2.14. The first kappa shape index (κ1) is 11.1. The Morgan fingerprint density at radius 2 is 1.94 bits per heavy atom. The van der Waals surface area contributed by atoms with E-state index in [9.17, 15) is 0 Å². The molecule has 92 valence electrons. The Morgan fingerprint density at radius 3 is 2.53 bits per heavy atom. The van der Waals surface area contributed by atoms with Crippen LogP contribution >= 0.6 is 0 Å². The normalized spacial score (nSPS) is 30.4. The number of aromatic nitrogens is 1. The predicted molar refractivity (Wildman–Crippen MR) is 71.1 cm³/mol. The van der Waals surface area contributed by atoms with E-state index in [0.29, 0.717) is 5.92 Å². The highest BCUT2D eigenvalue weighted by molar-refractivity contribution is 5.60. The van der Waals surface area contributed by atoms with Crippen molar-refractivity contribution >= 4 is 5.69 Å². The smallest absolute Gasteiger partial charge is 0.0495 e. The van der Waals surface area contributed by atoms with Crippen molar-refractivity contribution in [2.75, 3.05) is 5.73 Å². The predicted octanol–water partition coefficient (Wildman–Crippen LogP) is 3.08. The first-order valence-electron chi connectivity index (χ1n) is 6.95. The third-order valence-corrected chi connectivity index (χ3v) is 4.89. The van der Waals surface area contributed by atoms with Gasteiger partial charge in [0.2, 0.25) is 0 Å². The van der Waals surface area contributed by atoms with E-state index >= 15 is 0 Å². The monoisotopic (exact) mass is 230 g/mol. The SMILES string of the molecule is CCc1c(C2[C@@H](C)[C@H]2C)nc2c(c1N)CCC2. The van der Waals surface area contributed by atoms with Gasteiger partial charge in [-0.05, 0) is 48.6 Å². The maximum atomic E-state index is 6.36. The summed E-state index contributed by atoms with van der Waals surface area (Å²) in [6, 6.07) is 0. The second kappa shape index (κ2) is 3.72. The molecule has 0 radical (unpaired) electrons. The van der Waals surface area contributed by atoms with Gasteiger partial charge in [0.05, 0.1) is 0 Å². The zero-order valence-electron chi connectivity index (χ0n) is 11.1. The van der Waals surface area contributed by atoms with Gasteiger partial charge in [0, 0.05) is 23.0 Å². The summed E-state index contributed by atoms with van der Waals surface area (Å²) in [7, 11) is 0. The summed E-state index contributed by atoms with van der Waals surface area (Å²) in [5.74, 6) is 2.23. The standard InChI is InChI=1S/C15H22N2/c1-4-10-14(16)11-6-5-7-12(11)17-15(10)13-8(2)9(13)3/h8-9,13H,4-7H2,1-3H3,(H2,16,17)/t8-,9+,13?. The zero-order chi connectivity index (χ0) is 12.2. The molecule has 2 nitrogen and oxygen atoms in total. The van der Waals surface area contributed by atoms with Gasteiger partial charge >= 0.3 is 0 Å². The average molecular weight is 230 g/mol. The molecule has 0 spiro atoms. The number of pyridine rings is 1. The fourth-order valence-corrected chi connectivity index (χ4v) is 3.48. The molecule has 1 aromatic heterocycles. The number of rotatable bonds is 2. The summed E-state index contributed by atoms with van der Waals surface area (Å²) < 4.78 is 0. The first-order valence-corrected chi connectivity index (χ1v) is 6.95. The van der Waals surface area contributed by atoms with E-state index in [4.69, 9.17) is 10.7 Å². The summed E-state index contributed by atoms with van der Waals surface area (Å²) in [4.78, 5) is 4.97. The van der Waals surface area contributed by atoms with Crippen molar-refractivity contribution in [2.45, 2.75) is 52.4 Å². The van der Waals surface area contributed by atoms with Crippen molar-refractivity contribution in [2.24, 2.45) is 11.8 Å². The summed E-state index contributed by atoms with van der Waals surface area (Å²) in [6.07, 6.45) is 4.52. The molecular formula is C15H22N2. The van der Waals surface area contributed by atoms with Crippen LogP contribution in [-0.4, -0.2) is 4.98 Å². The fraction of sp³-hybridized carbons (Fsp3) is 0.667. The Morgan fingerprint density at radius 1 is 1.24 bits per heavy atom. The second-order valence-electron chi connectivity index (χ2n) is 5.77. The van der Waals surface area contributed by atoms with Crippen molar-refractivity contribution in [1.82, 2.24) is 4.98 Å². The number of aryl methyl sites for hydroxylation is 1. The number of fused-ring (bicyclic) bond motifs is 1. The van der Waals surface area contributed by atoms with Crippen molar-refractivity contribution in [3.63, 3.8) is 0 Å². The Bertz CT molecular complexity index is 456. The van der Waals surface area contributed by atoms with Crippen molar-refractivity contribution in [3.8, 4) is 0 Å². The molecular weight excluding hydrogens is 208 g/mol. The molecule has 0 amide bonds. The van der Waals surface area contributed by atoms with Crippen LogP contribution < -0.4 is 5.73 Å². The van der Waals surface area contributed by atoms with Crippen molar-refractivity contribution in [3.05, 3.63) is 22.5 Å². The summed E-state index contributed by atoms with van der Waals surface area (Å²) in [6.45, 7) is 6.87. The van der Waals surface area contributed by atoms with Crippen LogP contribution in [-0.2, 0) is 19.3 Å². The molecule has 2 aliphatic carbocycles. The largest absolute Gasteiger partial charge is 0.398 e. The molecule has 1 unspecified atom stereocenters. The first-order chi connectivity index (χ1) is 8.15. The van der Waals surface area contributed by atoms with Gasteiger partial charge in [-0.25, -0.2) is 0 Å². The number of nitrogens with two attached hydrogens (primary N) is 1. The lowest BCUT2D eigenvalue weighted by Crippen LogP contribution is -2.07. The van der Waals surface area contributed by atoms with Crippen LogP contribution in [0.4, 0.5) is 5.69 Å². The van der Waals surface area contributed by atoms with E-state index < -0.39 is 0 Å². The number of hydrogen-bond acceptors (Lipinski definition) is 2. The zero-order valence-corrected chi connectivity index (χ0v) is 11.1. The van der Waals surface area contributed by atoms with Crippen molar-refractivity contribution in [1.29, 1.82) is 0 Å². The number of nitrogen functional groups attached to an aromatic ring is 1. The molecule has 0 saturated heterocycles. The molecule has 1 heterocycles. The molecule has 17 heavy (non-hydrogen) atoms. The summed E-state index contributed by atoms with van der Waals surface area (Å²) >= 11 is 0. The second-order valence-corrected chi connectivity index (χ2v) is 5.77. The molecule has 1 aromatic rings. The minimum Gasteiger partial charge on any atom is -0.398 e. The lowest BCUT2D eigenvalue weighted by molar-refractivity contribution is 0.834. The van der Waals surface area contributed by atoms with Crippen LogP contribution in [0, 0.1) is 11.8 Å². The maximum absolute atomic E-state index is 6.36. The molecule has 3 atom stereocenters. The van der Waals surface area contributed by atoms with E-state index in [2.05, 4.69) is 20.8 Å². The van der Waals surface area contributed by atoms with E-state index in [1.54, 1.807) is 0 Å².